The normalized spacial score (nSPS) is 11.2. The number of hydrogen-bond acceptors (Lipinski definition) is 4. The lowest BCUT2D eigenvalue weighted by atomic mass is 10.2. The predicted octanol–water partition coefficient (Wildman–Crippen LogP) is 2.36. The molecule has 2 rings (SSSR count). The van der Waals surface area contributed by atoms with Gasteiger partial charge in [-0.15, -0.1) is 10.2 Å². The Labute approximate surface area is 99.5 Å². The number of nitrogens with zero attached hydrogens (tertiary/aromatic N) is 4. The first-order valence-corrected chi connectivity index (χ1v) is 6.65. The average molecular weight is 236 g/mol. The third-order valence-corrected chi connectivity index (χ3v) is 3.29. The van der Waals surface area contributed by atoms with Gasteiger partial charge in [-0.25, -0.2) is 4.98 Å². The Morgan fingerprint density at radius 2 is 2.00 bits per heavy atom. The monoisotopic (exact) mass is 236 g/mol. The fourth-order valence-corrected chi connectivity index (χ4v) is 2.35. The molecule has 0 amide bonds. The maximum Gasteiger partial charge on any atom is 0.256 e. The van der Waals surface area contributed by atoms with Crippen LogP contribution < -0.4 is 0 Å². The van der Waals surface area contributed by atoms with Crippen molar-refractivity contribution in [1.29, 1.82) is 0 Å². The van der Waals surface area contributed by atoms with Crippen molar-refractivity contribution in [3.05, 3.63) is 17.5 Å². The van der Waals surface area contributed by atoms with Gasteiger partial charge in [0.05, 0.1) is 0 Å². The van der Waals surface area contributed by atoms with Gasteiger partial charge >= 0.3 is 0 Å². The van der Waals surface area contributed by atoms with Crippen molar-refractivity contribution < 1.29 is 0 Å². The van der Waals surface area contributed by atoms with Crippen LogP contribution in [0.15, 0.2) is 11.2 Å². The fourth-order valence-electron chi connectivity index (χ4n) is 1.67. The molecule has 0 saturated carbocycles. The molecule has 2 heterocycles. The van der Waals surface area contributed by atoms with E-state index in [4.69, 9.17) is 0 Å². The van der Waals surface area contributed by atoms with Crippen LogP contribution in [0.25, 0.3) is 5.78 Å². The lowest BCUT2D eigenvalue weighted by Crippen LogP contribution is -2.02. The summed E-state index contributed by atoms with van der Waals surface area (Å²) in [5, 5.41) is 9.27. The van der Waals surface area contributed by atoms with Gasteiger partial charge in [0.1, 0.15) is 0 Å². The fraction of sp³-hybridized carbons (Fsp3) is 0.545. The van der Waals surface area contributed by atoms with Crippen molar-refractivity contribution in [3.8, 4) is 0 Å². The number of thioether (sulfide) groups is 1. The topological polar surface area (TPSA) is 43.1 Å². The molecule has 2 aromatic heterocycles. The molecule has 0 atom stereocenters. The lowest BCUT2D eigenvalue weighted by Gasteiger charge is -2.06. The summed E-state index contributed by atoms with van der Waals surface area (Å²) in [6.07, 6.45) is 1.91. The van der Waals surface area contributed by atoms with E-state index < -0.39 is 0 Å². The minimum absolute atomic E-state index is 0.729. The molecule has 0 aromatic carbocycles. The molecule has 16 heavy (non-hydrogen) atoms. The summed E-state index contributed by atoms with van der Waals surface area (Å²) >= 11 is 1.70. The Kier molecular flexibility index (Phi) is 3.43. The molecule has 5 heteroatoms. The number of aryl methyl sites for hydroxylation is 2. The zero-order chi connectivity index (χ0) is 11.5. The molecular weight excluding hydrogens is 220 g/mol. The lowest BCUT2D eigenvalue weighted by molar-refractivity contribution is 0.843. The molecule has 0 saturated heterocycles. The van der Waals surface area contributed by atoms with E-state index in [-0.39, 0.29) is 0 Å². The van der Waals surface area contributed by atoms with Crippen molar-refractivity contribution in [2.24, 2.45) is 0 Å². The maximum absolute atomic E-state index is 4.48. The maximum atomic E-state index is 4.48. The molecule has 0 spiro atoms. The first kappa shape index (κ1) is 11.4. The SMILES string of the molecule is CCSc1nnc2nc(CC)cc(CC)n12. The minimum Gasteiger partial charge on any atom is -0.258 e. The summed E-state index contributed by atoms with van der Waals surface area (Å²) < 4.78 is 2.06. The highest BCUT2D eigenvalue weighted by Gasteiger charge is 2.10. The Morgan fingerprint density at radius 1 is 1.19 bits per heavy atom. The first-order valence-electron chi connectivity index (χ1n) is 5.66. The molecule has 0 aliphatic carbocycles. The van der Waals surface area contributed by atoms with Crippen molar-refractivity contribution >= 4 is 17.5 Å². The van der Waals surface area contributed by atoms with E-state index in [1.165, 1.54) is 5.69 Å². The van der Waals surface area contributed by atoms with Gasteiger partial charge in [-0.3, -0.25) is 4.40 Å². The van der Waals surface area contributed by atoms with E-state index in [0.717, 1.165) is 35.2 Å². The van der Waals surface area contributed by atoms with Gasteiger partial charge in [0.2, 0.25) is 0 Å². The molecule has 86 valence electrons. The summed E-state index contributed by atoms with van der Waals surface area (Å²) in [7, 11) is 0. The van der Waals surface area contributed by atoms with Gasteiger partial charge in [-0.05, 0) is 24.7 Å². The molecule has 0 N–H and O–H groups in total. The summed E-state index contributed by atoms with van der Waals surface area (Å²) in [6.45, 7) is 6.37. The smallest absolute Gasteiger partial charge is 0.256 e. The summed E-state index contributed by atoms with van der Waals surface area (Å²) in [4.78, 5) is 4.48. The van der Waals surface area contributed by atoms with Crippen LogP contribution in [0.2, 0.25) is 0 Å². The summed E-state index contributed by atoms with van der Waals surface area (Å²) in [6, 6.07) is 2.15. The average Bonchev–Trinajstić information content (AvgIpc) is 2.72. The van der Waals surface area contributed by atoms with Gasteiger partial charge in [0.15, 0.2) is 5.16 Å². The van der Waals surface area contributed by atoms with Crippen LogP contribution in [0.1, 0.15) is 32.2 Å². The quantitative estimate of drug-likeness (QED) is 0.764. The third kappa shape index (κ3) is 1.91. The molecule has 0 aliphatic heterocycles. The van der Waals surface area contributed by atoms with Crippen LogP contribution in [-0.4, -0.2) is 25.3 Å². The molecule has 0 bridgehead atoms. The van der Waals surface area contributed by atoms with Crippen LogP contribution in [0.4, 0.5) is 0 Å². The molecule has 4 nitrogen and oxygen atoms in total. The number of aromatic nitrogens is 4. The third-order valence-electron chi connectivity index (χ3n) is 2.48. The Morgan fingerprint density at radius 3 is 2.62 bits per heavy atom. The second kappa shape index (κ2) is 4.82. The van der Waals surface area contributed by atoms with Gasteiger partial charge in [0.25, 0.3) is 5.78 Å². The second-order valence-electron chi connectivity index (χ2n) is 3.50. The van der Waals surface area contributed by atoms with E-state index in [1.807, 2.05) is 0 Å². The van der Waals surface area contributed by atoms with E-state index in [9.17, 15) is 0 Å². The highest BCUT2D eigenvalue weighted by atomic mass is 32.2. The molecule has 0 aliphatic rings. The highest BCUT2D eigenvalue weighted by Crippen LogP contribution is 2.18. The van der Waals surface area contributed by atoms with Crippen molar-refractivity contribution in [2.75, 3.05) is 5.75 Å². The van der Waals surface area contributed by atoms with Gasteiger partial charge in [0, 0.05) is 11.4 Å². The van der Waals surface area contributed by atoms with Crippen molar-refractivity contribution in [3.63, 3.8) is 0 Å². The molecule has 0 radical (unpaired) electrons. The van der Waals surface area contributed by atoms with Crippen LogP contribution in [-0.2, 0) is 12.8 Å². The molecule has 0 unspecified atom stereocenters. The van der Waals surface area contributed by atoms with Gasteiger partial charge < -0.3 is 0 Å². The van der Waals surface area contributed by atoms with E-state index >= 15 is 0 Å². The van der Waals surface area contributed by atoms with Crippen LogP contribution in [0.5, 0.6) is 0 Å². The number of rotatable bonds is 4. The highest BCUT2D eigenvalue weighted by molar-refractivity contribution is 7.99. The molecule has 2 aromatic rings. The second-order valence-corrected chi connectivity index (χ2v) is 4.73. The largest absolute Gasteiger partial charge is 0.258 e. The van der Waals surface area contributed by atoms with Gasteiger partial charge in [-0.1, -0.05) is 32.5 Å². The Bertz CT molecular complexity index is 492. The predicted molar refractivity (Wildman–Crippen MR) is 65.9 cm³/mol. The molecule has 0 fully saturated rings. The zero-order valence-corrected chi connectivity index (χ0v) is 10.7. The standard InChI is InChI=1S/C11H16N4S/c1-4-8-7-9(5-2)15-10(12-8)13-14-11(15)16-6-3/h7H,4-6H2,1-3H3. The van der Waals surface area contributed by atoms with E-state index in [2.05, 4.69) is 46.4 Å². The Hall–Kier alpha value is -1.10. The van der Waals surface area contributed by atoms with Gasteiger partial charge in [-0.2, -0.15) is 0 Å². The van der Waals surface area contributed by atoms with Crippen molar-refractivity contribution in [1.82, 2.24) is 19.6 Å². The molecular formula is C11H16N4S. The van der Waals surface area contributed by atoms with Crippen molar-refractivity contribution in [2.45, 2.75) is 38.8 Å². The first-order chi connectivity index (χ1) is 7.80. The minimum atomic E-state index is 0.729. The summed E-state index contributed by atoms with van der Waals surface area (Å²) in [5.74, 6) is 1.73. The van der Waals surface area contributed by atoms with E-state index in [0.29, 0.717) is 0 Å². The van der Waals surface area contributed by atoms with Crippen LogP contribution in [0, 0.1) is 0 Å². The summed E-state index contributed by atoms with van der Waals surface area (Å²) in [5.41, 5.74) is 2.33. The number of fused-ring (bicyclic) bond motifs is 1. The Balaban J connectivity index is 2.62. The zero-order valence-electron chi connectivity index (χ0n) is 9.90. The van der Waals surface area contributed by atoms with E-state index in [1.54, 1.807) is 11.8 Å². The number of hydrogen-bond donors (Lipinski definition) is 0. The van der Waals surface area contributed by atoms with Crippen LogP contribution >= 0.6 is 11.8 Å². The van der Waals surface area contributed by atoms with Crippen LogP contribution in [0.3, 0.4) is 0 Å².